The Morgan fingerprint density at radius 1 is 1.56 bits per heavy atom. The molecule has 0 aromatic carbocycles. The molecule has 3 heterocycles. The standard InChI is InChI=1S/C11H11BrClN3/c12-10-9-8(13)2-1-5-16(9)11(15-10)7-3-4-14-6-7/h1-2,5,7,14H,3-4,6H2. The van der Waals surface area contributed by atoms with Gasteiger partial charge in [-0.1, -0.05) is 11.6 Å². The molecule has 1 fully saturated rings. The van der Waals surface area contributed by atoms with Crippen molar-refractivity contribution in [2.24, 2.45) is 0 Å². The molecule has 2 aromatic heterocycles. The summed E-state index contributed by atoms with van der Waals surface area (Å²) in [5.74, 6) is 1.58. The molecule has 1 atom stereocenters. The molecule has 0 amide bonds. The Hall–Kier alpha value is -0.580. The van der Waals surface area contributed by atoms with E-state index >= 15 is 0 Å². The molecule has 1 N–H and O–H groups in total. The maximum atomic E-state index is 6.18. The van der Waals surface area contributed by atoms with E-state index in [0.717, 1.165) is 40.5 Å². The lowest BCUT2D eigenvalue weighted by atomic mass is 10.1. The number of hydrogen-bond acceptors (Lipinski definition) is 2. The monoisotopic (exact) mass is 299 g/mol. The molecule has 1 saturated heterocycles. The highest BCUT2D eigenvalue weighted by molar-refractivity contribution is 9.10. The molecule has 5 heteroatoms. The number of imidazole rings is 1. The van der Waals surface area contributed by atoms with Crippen LogP contribution in [0.5, 0.6) is 0 Å². The Labute approximate surface area is 107 Å². The number of rotatable bonds is 1. The van der Waals surface area contributed by atoms with Crippen molar-refractivity contribution in [2.45, 2.75) is 12.3 Å². The lowest BCUT2D eigenvalue weighted by Crippen LogP contribution is -2.10. The van der Waals surface area contributed by atoms with Crippen LogP contribution in [0.25, 0.3) is 5.52 Å². The van der Waals surface area contributed by atoms with Gasteiger partial charge in [-0.05, 0) is 41.0 Å². The number of fused-ring (bicyclic) bond motifs is 1. The van der Waals surface area contributed by atoms with Gasteiger partial charge in [0.1, 0.15) is 10.4 Å². The van der Waals surface area contributed by atoms with Crippen LogP contribution in [0, 0.1) is 0 Å². The molecular weight excluding hydrogens is 289 g/mol. The van der Waals surface area contributed by atoms with Crippen LogP contribution >= 0.6 is 27.5 Å². The van der Waals surface area contributed by atoms with Crippen molar-refractivity contribution >= 4 is 33.0 Å². The molecule has 3 rings (SSSR count). The number of nitrogens with zero attached hydrogens (tertiary/aromatic N) is 2. The first kappa shape index (κ1) is 10.6. The minimum Gasteiger partial charge on any atom is -0.316 e. The second-order valence-electron chi connectivity index (χ2n) is 4.03. The van der Waals surface area contributed by atoms with Gasteiger partial charge in [0.05, 0.1) is 10.5 Å². The smallest absolute Gasteiger partial charge is 0.133 e. The number of pyridine rings is 1. The average molecular weight is 301 g/mol. The second-order valence-corrected chi connectivity index (χ2v) is 5.18. The topological polar surface area (TPSA) is 29.3 Å². The zero-order valence-corrected chi connectivity index (χ0v) is 10.9. The van der Waals surface area contributed by atoms with Gasteiger partial charge in [0.25, 0.3) is 0 Å². The predicted octanol–water partition coefficient (Wildman–Crippen LogP) is 2.83. The summed E-state index contributed by atoms with van der Waals surface area (Å²) in [6.07, 6.45) is 3.16. The molecule has 16 heavy (non-hydrogen) atoms. The third-order valence-electron chi connectivity index (χ3n) is 3.03. The van der Waals surface area contributed by atoms with E-state index in [1.807, 2.05) is 18.3 Å². The minimum absolute atomic E-state index is 0.484. The highest BCUT2D eigenvalue weighted by Crippen LogP contribution is 2.30. The molecule has 84 valence electrons. The fourth-order valence-corrected chi connectivity index (χ4v) is 3.20. The Morgan fingerprint density at radius 3 is 3.19 bits per heavy atom. The van der Waals surface area contributed by atoms with Crippen LogP contribution < -0.4 is 5.32 Å². The first-order chi connectivity index (χ1) is 7.77. The zero-order valence-electron chi connectivity index (χ0n) is 8.58. The average Bonchev–Trinajstić information content (AvgIpc) is 2.86. The molecule has 1 aliphatic rings. The summed E-state index contributed by atoms with van der Waals surface area (Å²) in [5.41, 5.74) is 0.964. The van der Waals surface area contributed by atoms with Crippen LogP contribution in [0.4, 0.5) is 0 Å². The van der Waals surface area contributed by atoms with Crippen molar-refractivity contribution < 1.29 is 0 Å². The summed E-state index contributed by atoms with van der Waals surface area (Å²) in [6, 6.07) is 3.84. The van der Waals surface area contributed by atoms with Gasteiger partial charge in [0.2, 0.25) is 0 Å². The molecule has 2 aromatic rings. The van der Waals surface area contributed by atoms with E-state index in [1.165, 1.54) is 0 Å². The van der Waals surface area contributed by atoms with Crippen molar-refractivity contribution in [2.75, 3.05) is 13.1 Å². The van der Waals surface area contributed by atoms with Crippen molar-refractivity contribution in [3.8, 4) is 0 Å². The Bertz CT molecular complexity index is 531. The Morgan fingerprint density at radius 2 is 2.44 bits per heavy atom. The van der Waals surface area contributed by atoms with Gasteiger partial charge in [-0.2, -0.15) is 0 Å². The summed E-state index contributed by atoms with van der Waals surface area (Å²) in [5, 5.41) is 4.09. The highest BCUT2D eigenvalue weighted by Gasteiger charge is 2.23. The van der Waals surface area contributed by atoms with Gasteiger partial charge in [-0.15, -0.1) is 0 Å². The van der Waals surface area contributed by atoms with Crippen molar-refractivity contribution in [1.29, 1.82) is 0 Å². The van der Waals surface area contributed by atoms with Crippen molar-refractivity contribution in [3.63, 3.8) is 0 Å². The molecule has 0 bridgehead atoms. The molecule has 1 aliphatic heterocycles. The highest BCUT2D eigenvalue weighted by atomic mass is 79.9. The second kappa shape index (κ2) is 4.02. The van der Waals surface area contributed by atoms with Gasteiger partial charge in [-0.3, -0.25) is 0 Å². The fourth-order valence-electron chi connectivity index (χ4n) is 2.24. The van der Waals surface area contributed by atoms with Crippen LogP contribution in [0.1, 0.15) is 18.2 Å². The van der Waals surface area contributed by atoms with Crippen LogP contribution in [-0.2, 0) is 0 Å². The van der Waals surface area contributed by atoms with E-state index in [0.29, 0.717) is 5.92 Å². The quantitative estimate of drug-likeness (QED) is 0.877. The molecule has 0 aliphatic carbocycles. The maximum Gasteiger partial charge on any atom is 0.133 e. The van der Waals surface area contributed by atoms with Gasteiger partial charge < -0.3 is 9.72 Å². The zero-order chi connectivity index (χ0) is 11.1. The molecule has 1 unspecified atom stereocenters. The van der Waals surface area contributed by atoms with Crippen LogP contribution in [0.15, 0.2) is 22.9 Å². The Balaban J connectivity index is 2.22. The van der Waals surface area contributed by atoms with Gasteiger partial charge >= 0.3 is 0 Å². The predicted molar refractivity (Wildman–Crippen MR) is 68.1 cm³/mol. The SMILES string of the molecule is Clc1cccn2c(C3CCNC3)nc(Br)c12. The van der Waals surface area contributed by atoms with Gasteiger partial charge in [0, 0.05) is 18.7 Å². The first-order valence-corrected chi connectivity index (χ1v) is 6.47. The number of aromatic nitrogens is 2. The summed E-state index contributed by atoms with van der Waals surface area (Å²) in [4.78, 5) is 4.59. The summed E-state index contributed by atoms with van der Waals surface area (Å²) >= 11 is 9.65. The van der Waals surface area contributed by atoms with E-state index in [-0.39, 0.29) is 0 Å². The van der Waals surface area contributed by atoms with E-state index in [4.69, 9.17) is 11.6 Å². The normalized spacial score (nSPS) is 20.8. The number of halogens is 2. The molecule has 3 nitrogen and oxygen atoms in total. The van der Waals surface area contributed by atoms with Crippen LogP contribution in [0.2, 0.25) is 5.02 Å². The molecule has 0 radical (unpaired) electrons. The van der Waals surface area contributed by atoms with Crippen molar-refractivity contribution in [3.05, 3.63) is 33.8 Å². The van der Waals surface area contributed by atoms with E-state index in [2.05, 4.69) is 30.6 Å². The van der Waals surface area contributed by atoms with E-state index < -0.39 is 0 Å². The lowest BCUT2D eigenvalue weighted by molar-refractivity contribution is 0.698. The molecule has 0 saturated carbocycles. The molecule has 0 spiro atoms. The Kier molecular flexibility index (Phi) is 2.65. The number of nitrogens with one attached hydrogen (secondary N) is 1. The fraction of sp³-hybridized carbons (Fsp3) is 0.364. The third kappa shape index (κ3) is 1.56. The molecular formula is C11H11BrClN3. The largest absolute Gasteiger partial charge is 0.316 e. The third-order valence-corrected chi connectivity index (χ3v) is 3.88. The summed E-state index contributed by atoms with van der Waals surface area (Å²) in [6.45, 7) is 2.07. The van der Waals surface area contributed by atoms with Crippen LogP contribution in [-0.4, -0.2) is 22.5 Å². The lowest BCUT2D eigenvalue weighted by Gasteiger charge is -2.07. The van der Waals surface area contributed by atoms with Gasteiger partial charge in [-0.25, -0.2) is 4.98 Å². The first-order valence-electron chi connectivity index (χ1n) is 5.30. The summed E-state index contributed by atoms with van der Waals surface area (Å²) in [7, 11) is 0. The summed E-state index contributed by atoms with van der Waals surface area (Å²) < 4.78 is 2.92. The minimum atomic E-state index is 0.484. The van der Waals surface area contributed by atoms with E-state index in [9.17, 15) is 0 Å². The van der Waals surface area contributed by atoms with E-state index in [1.54, 1.807) is 0 Å². The number of hydrogen-bond donors (Lipinski definition) is 1. The van der Waals surface area contributed by atoms with Crippen LogP contribution in [0.3, 0.4) is 0 Å². The van der Waals surface area contributed by atoms with Gasteiger partial charge in [0.15, 0.2) is 0 Å². The maximum absolute atomic E-state index is 6.18. The van der Waals surface area contributed by atoms with Crippen molar-refractivity contribution in [1.82, 2.24) is 14.7 Å².